The highest BCUT2D eigenvalue weighted by atomic mass is 16.4. The van der Waals surface area contributed by atoms with E-state index in [0.717, 1.165) is 11.1 Å². The van der Waals surface area contributed by atoms with Crippen molar-refractivity contribution in [3.8, 4) is 0 Å². The Bertz CT molecular complexity index is 700. The molecule has 100 valence electrons. The molecule has 0 atom stereocenters. The molecule has 1 heterocycles. The van der Waals surface area contributed by atoms with E-state index in [0.29, 0.717) is 11.1 Å². The summed E-state index contributed by atoms with van der Waals surface area (Å²) in [6.45, 7) is 1.74. The van der Waals surface area contributed by atoms with Crippen molar-refractivity contribution in [1.82, 2.24) is 0 Å². The molecule has 5 nitrogen and oxygen atoms in total. The summed E-state index contributed by atoms with van der Waals surface area (Å²) in [6, 6.07) is 5.52. The zero-order valence-electron chi connectivity index (χ0n) is 11.1. The zero-order valence-corrected chi connectivity index (χ0v) is 11.1. The molecule has 0 fully saturated rings. The SMILES string of the molecule is Cc1c(CC(=O)O)c(=O)oc2cc(N(C)C)ccc12. The molecule has 0 radical (unpaired) electrons. The summed E-state index contributed by atoms with van der Waals surface area (Å²) >= 11 is 0. The van der Waals surface area contributed by atoms with Crippen molar-refractivity contribution in [2.45, 2.75) is 13.3 Å². The Morgan fingerprint density at radius 1 is 1.37 bits per heavy atom. The zero-order chi connectivity index (χ0) is 14.2. The topological polar surface area (TPSA) is 70.7 Å². The summed E-state index contributed by atoms with van der Waals surface area (Å²) in [5.74, 6) is -1.04. The summed E-state index contributed by atoms with van der Waals surface area (Å²) in [5, 5.41) is 9.58. The highest BCUT2D eigenvalue weighted by Gasteiger charge is 2.14. The Hall–Kier alpha value is -2.30. The molecule has 1 aromatic carbocycles. The van der Waals surface area contributed by atoms with Crippen LogP contribution in [0, 0.1) is 6.92 Å². The number of aliphatic carboxylic acids is 1. The minimum absolute atomic E-state index is 0.206. The number of carbonyl (C=O) groups is 1. The number of rotatable bonds is 3. The summed E-state index contributed by atoms with van der Waals surface area (Å²) in [7, 11) is 3.79. The minimum Gasteiger partial charge on any atom is -0.481 e. The van der Waals surface area contributed by atoms with Gasteiger partial charge in [-0.05, 0) is 24.6 Å². The van der Waals surface area contributed by atoms with Crippen LogP contribution in [0.3, 0.4) is 0 Å². The van der Waals surface area contributed by atoms with Gasteiger partial charge in [0.2, 0.25) is 0 Å². The second-order valence-electron chi connectivity index (χ2n) is 4.64. The monoisotopic (exact) mass is 261 g/mol. The molecular formula is C14H15NO4. The Balaban J connectivity index is 2.69. The molecule has 1 aromatic heterocycles. The van der Waals surface area contributed by atoms with E-state index in [1.54, 1.807) is 13.0 Å². The van der Waals surface area contributed by atoms with Gasteiger partial charge in [-0.25, -0.2) is 4.79 Å². The van der Waals surface area contributed by atoms with Gasteiger partial charge in [0.25, 0.3) is 0 Å². The maximum Gasteiger partial charge on any atom is 0.340 e. The lowest BCUT2D eigenvalue weighted by molar-refractivity contribution is -0.136. The van der Waals surface area contributed by atoms with Crippen LogP contribution in [0.5, 0.6) is 0 Å². The molecule has 0 aliphatic carbocycles. The van der Waals surface area contributed by atoms with E-state index in [-0.39, 0.29) is 12.0 Å². The second kappa shape index (κ2) is 4.76. The van der Waals surface area contributed by atoms with E-state index in [2.05, 4.69) is 0 Å². The van der Waals surface area contributed by atoms with Crippen molar-refractivity contribution in [1.29, 1.82) is 0 Å². The Kier molecular flexibility index (Phi) is 3.29. The van der Waals surface area contributed by atoms with Gasteiger partial charge in [-0.3, -0.25) is 4.79 Å². The van der Waals surface area contributed by atoms with Gasteiger partial charge in [-0.1, -0.05) is 0 Å². The fourth-order valence-electron chi connectivity index (χ4n) is 2.02. The van der Waals surface area contributed by atoms with E-state index < -0.39 is 11.6 Å². The van der Waals surface area contributed by atoms with E-state index >= 15 is 0 Å². The fourth-order valence-corrected chi connectivity index (χ4v) is 2.02. The molecule has 0 unspecified atom stereocenters. The smallest absolute Gasteiger partial charge is 0.340 e. The molecule has 0 aliphatic heterocycles. The summed E-state index contributed by atoms with van der Waals surface area (Å²) < 4.78 is 5.22. The van der Waals surface area contributed by atoms with Crippen LogP contribution in [0.2, 0.25) is 0 Å². The van der Waals surface area contributed by atoms with Crippen molar-refractivity contribution >= 4 is 22.6 Å². The van der Waals surface area contributed by atoms with Crippen molar-refractivity contribution in [2.75, 3.05) is 19.0 Å². The molecule has 2 rings (SSSR count). The Morgan fingerprint density at radius 2 is 2.05 bits per heavy atom. The van der Waals surface area contributed by atoms with Crippen molar-refractivity contribution in [3.05, 3.63) is 39.7 Å². The van der Waals surface area contributed by atoms with Gasteiger partial charge in [-0.2, -0.15) is 0 Å². The maximum absolute atomic E-state index is 11.8. The van der Waals surface area contributed by atoms with Crippen molar-refractivity contribution in [2.24, 2.45) is 0 Å². The number of aryl methyl sites for hydroxylation is 1. The highest BCUT2D eigenvalue weighted by Crippen LogP contribution is 2.24. The maximum atomic E-state index is 11.8. The molecular weight excluding hydrogens is 246 g/mol. The van der Waals surface area contributed by atoms with Crippen LogP contribution in [0.4, 0.5) is 5.69 Å². The second-order valence-corrected chi connectivity index (χ2v) is 4.64. The number of benzene rings is 1. The van der Waals surface area contributed by atoms with Crippen LogP contribution < -0.4 is 10.5 Å². The third-order valence-corrected chi connectivity index (χ3v) is 3.12. The highest BCUT2D eigenvalue weighted by molar-refractivity contribution is 5.85. The standard InChI is InChI=1S/C14H15NO4/c1-8-10-5-4-9(15(2)3)6-12(10)19-14(18)11(8)7-13(16)17/h4-6H,7H2,1-3H3,(H,16,17). The quantitative estimate of drug-likeness (QED) is 0.853. The average Bonchev–Trinajstić information content (AvgIpc) is 2.33. The first-order valence-electron chi connectivity index (χ1n) is 5.85. The van der Waals surface area contributed by atoms with E-state index in [9.17, 15) is 9.59 Å². The predicted molar refractivity (Wildman–Crippen MR) is 72.9 cm³/mol. The fraction of sp³-hybridized carbons (Fsp3) is 0.286. The molecule has 2 aromatic rings. The van der Waals surface area contributed by atoms with Crippen LogP contribution in [0.25, 0.3) is 11.0 Å². The average molecular weight is 261 g/mol. The number of hydrogen-bond donors (Lipinski definition) is 1. The number of carboxylic acid groups (broad SMARTS) is 1. The number of anilines is 1. The molecule has 0 aliphatic rings. The van der Waals surface area contributed by atoms with Crippen LogP contribution in [0.15, 0.2) is 27.4 Å². The molecule has 0 amide bonds. The number of hydrogen-bond acceptors (Lipinski definition) is 4. The molecule has 19 heavy (non-hydrogen) atoms. The first kappa shape index (κ1) is 13.1. The van der Waals surface area contributed by atoms with Gasteiger partial charge in [0.15, 0.2) is 0 Å². The molecule has 0 spiro atoms. The van der Waals surface area contributed by atoms with Crippen molar-refractivity contribution in [3.63, 3.8) is 0 Å². The lowest BCUT2D eigenvalue weighted by Crippen LogP contribution is -2.15. The van der Waals surface area contributed by atoms with Crippen LogP contribution in [-0.2, 0) is 11.2 Å². The first-order valence-corrected chi connectivity index (χ1v) is 5.85. The molecule has 0 bridgehead atoms. The van der Waals surface area contributed by atoms with Gasteiger partial charge in [-0.15, -0.1) is 0 Å². The van der Waals surface area contributed by atoms with E-state index in [1.807, 2.05) is 31.1 Å². The van der Waals surface area contributed by atoms with Crippen LogP contribution >= 0.6 is 0 Å². The molecule has 1 N–H and O–H groups in total. The number of carboxylic acids is 1. The van der Waals surface area contributed by atoms with Gasteiger partial charge in [0.1, 0.15) is 5.58 Å². The summed E-state index contributed by atoms with van der Waals surface area (Å²) in [5.41, 5.74) is 1.68. The first-order chi connectivity index (χ1) is 8.90. The van der Waals surface area contributed by atoms with E-state index in [1.165, 1.54) is 0 Å². The van der Waals surface area contributed by atoms with Gasteiger partial charge in [0.05, 0.1) is 12.0 Å². The van der Waals surface area contributed by atoms with E-state index in [4.69, 9.17) is 9.52 Å². The van der Waals surface area contributed by atoms with Gasteiger partial charge < -0.3 is 14.4 Å². The Morgan fingerprint density at radius 3 is 2.63 bits per heavy atom. The number of nitrogens with zero attached hydrogens (tertiary/aromatic N) is 1. The molecule has 0 saturated carbocycles. The molecule has 0 saturated heterocycles. The van der Waals surface area contributed by atoms with Crippen LogP contribution in [0.1, 0.15) is 11.1 Å². The normalized spacial score (nSPS) is 10.7. The third-order valence-electron chi connectivity index (χ3n) is 3.12. The van der Waals surface area contributed by atoms with Crippen molar-refractivity contribution < 1.29 is 14.3 Å². The third kappa shape index (κ3) is 2.45. The van der Waals surface area contributed by atoms with Gasteiger partial charge in [0, 0.05) is 31.2 Å². The molecule has 5 heteroatoms. The lowest BCUT2D eigenvalue weighted by atomic mass is 10.0. The van der Waals surface area contributed by atoms with Crippen LogP contribution in [-0.4, -0.2) is 25.2 Å². The lowest BCUT2D eigenvalue weighted by Gasteiger charge is -2.13. The Labute approximate surface area is 110 Å². The largest absolute Gasteiger partial charge is 0.481 e. The summed E-state index contributed by atoms with van der Waals surface area (Å²) in [6.07, 6.45) is -0.320. The minimum atomic E-state index is -1.04. The summed E-state index contributed by atoms with van der Waals surface area (Å²) in [4.78, 5) is 24.5. The van der Waals surface area contributed by atoms with Gasteiger partial charge >= 0.3 is 11.6 Å². The number of fused-ring (bicyclic) bond motifs is 1. The predicted octanol–water partition coefficient (Wildman–Crippen LogP) is 1.79.